The molecule has 0 saturated heterocycles. The molecule has 0 heterocycles. The van der Waals surface area contributed by atoms with Crippen LogP contribution in [-0.2, 0) is 9.84 Å². The Kier molecular flexibility index (Phi) is 7.95. The lowest BCUT2D eigenvalue weighted by molar-refractivity contribution is 0.596. The highest BCUT2D eigenvalue weighted by Gasteiger charge is 2.07. The van der Waals surface area contributed by atoms with E-state index in [4.69, 9.17) is 0 Å². The van der Waals surface area contributed by atoms with Crippen molar-refractivity contribution >= 4 is 15.8 Å². The molecule has 5 nitrogen and oxygen atoms in total. The maximum Gasteiger partial charge on any atom is 0.191 e. The molecule has 0 bridgehead atoms. The molecule has 0 aliphatic rings. The van der Waals surface area contributed by atoms with Crippen LogP contribution in [0.25, 0.3) is 0 Å². The van der Waals surface area contributed by atoms with Crippen LogP contribution >= 0.6 is 0 Å². The van der Waals surface area contributed by atoms with Crippen LogP contribution in [0.1, 0.15) is 34.1 Å². The molecule has 0 amide bonds. The highest BCUT2D eigenvalue weighted by Crippen LogP contribution is 1.91. The summed E-state index contributed by atoms with van der Waals surface area (Å²) >= 11 is 0. The molecule has 1 unspecified atom stereocenters. The minimum atomic E-state index is -2.93. The Morgan fingerprint density at radius 1 is 1.29 bits per heavy atom. The van der Waals surface area contributed by atoms with Crippen LogP contribution in [0, 0.1) is 0 Å². The normalized spacial score (nSPS) is 14.5. The van der Waals surface area contributed by atoms with Crippen LogP contribution in [0.4, 0.5) is 0 Å². The average Bonchev–Trinajstić information content (AvgIpc) is 2.29. The van der Waals surface area contributed by atoms with Gasteiger partial charge in [0.15, 0.2) is 15.8 Å². The number of hydrogen-bond acceptors (Lipinski definition) is 3. The van der Waals surface area contributed by atoms with Crippen molar-refractivity contribution in [3.05, 3.63) is 0 Å². The van der Waals surface area contributed by atoms with Gasteiger partial charge in [-0.15, -0.1) is 0 Å². The van der Waals surface area contributed by atoms with E-state index in [1.54, 1.807) is 6.92 Å². The molecule has 0 aromatic rings. The first-order valence-corrected chi connectivity index (χ1v) is 8.02. The highest BCUT2D eigenvalue weighted by atomic mass is 32.2. The van der Waals surface area contributed by atoms with Gasteiger partial charge >= 0.3 is 0 Å². The van der Waals surface area contributed by atoms with Crippen molar-refractivity contribution in [1.29, 1.82) is 0 Å². The van der Waals surface area contributed by atoms with Gasteiger partial charge in [0.2, 0.25) is 0 Å². The molecular formula is C11H25N3O2S. The molecule has 0 aromatic heterocycles. The average molecular weight is 263 g/mol. The molecule has 0 aromatic carbocycles. The zero-order valence-electron chi connectivity index (χ0n) is 11.3. The second-order valence-corrected chi connectivity index (χ2v) is 6.42. The molecule has 0 aliphatic heterocycles. The summed E-state index contributed by atoms with van der Waals surface area (Å²) < 4.78 is 22.6. The van der Waals surface area contributed by atoms with Crippen molar-refractivity contribution in [2.24, 2.45) is 4.99 Å². The van der Waals surface area contributed by atoms with E-state index in [0.717, 1.165) is 13.0 Å². The fraction of sp³-hybridized carbons (Fsp3) is 0.909. The van der Waals surface area contributed by atoms with Crippen LogP contribution in [0.15, 0.2) is 4.99 Å². The number of aliphatic imine (C=N–C) groups is 1. The van der Waals surface area contributed by atoms with Crippen molar-refractivity contribution in [3.8, 4) is 0 Å². The summed E-state index contributed by atoms with van der Waals surface area (Å²) in [6.07, 6.45) is 0.998. The van der Waals surface area contributed by atoms with E-state index in [1.807, 2.05) is 6.92 Å². The van der Waals surface area contributed by atoms with Crippen LogP contribution < -0.4 is 10.6 Å². The van der Waals surface area contributed by atoms with Crippen molar-refractivity contribution in [2.75, 3.05) is 24.6 Å². The van der Waals surface area contributed by atoms with Gasteiger partial charge in [0.05, 0.1) is 12.3 Å². The lowest BCUT2D eigenvalue weighted by Gasteiger charge is -2.16. The zero-order chi connectivity index (χ0) is 13.3. The number of nitrogens with zero attached hydrogens (tertiary/aromatic N) is 1. The minimum absolute atomic E-state index is 0.112. The molecule has 6 heteroatoms. The molecule has 0 aliphatic carbocycles. The molecule has 0 spiro atoms. The second kappa shape index (κ2) is 8.33. The van der Waals surface area contributed by atoms with Gasteiger partial charge in [0.25, 0.3) is 0 Å². The first kappa shape index (κ1) is 16.2. The van der Waals surface area contributed by atoms with E-state index >= 15 is 0 Å². The molecule has 0 fully saturated rings. The number of rotatable bonds is 7. The lowest BCUT2D eigenvalue weighted by atomic mass is 10.3. The van der Waals surface area contributed by atoms with Crippen LogP contribution in [-0.4, -0.2) is 45.0 Å². The molecule has 17 heavy (non-hydrogen) atoms. The first-order valence-electron chi connectivity index (χ1n) is 6.20. The Labute approximate surface area is 105 Å². The summed E-state index contributed by atoms with van der Waals surface area (Å²) in [6.45, 7) is 8.86. The van der Waals surface area contributed by atoms with E-state index in [2.05, 4.69) is 29.5 Å². The van der Waals surface area contributed by atoms with Gasteiger partial charge in [-0.05, 0) is 20.3 Å². The number of guanidine groups is 1. The predicted octanol–water partition coefficient (Wildman–Crippen LogP) is 0.775. The molecule has 0 rings (SSSR count). The summed E-state index contributed by atoms with van der Waals surface area (Å²) in [4.78, 5) is 4.25. The molecule has 102 valence electrons. The fourth-order valence-electron chi connectivity index (χ4n) is 1.10. The first-order chi connectivity index (χ1) is 7.95. The number of sulfone groups is 1. The monoisotopic (exact) mass is 263 g/mol. The van der Waals surface area contributed by atoms with Gasteiger partial charge in [0, 0.05) is 18.3 Å². The SMILES string of the molecule is CCNC(=NCCS(=O)(=O)CC)NC(C)CC. The maximum absolute atomic E-state index is 11.3. The number of nitrogens with one attached hydrogen (secondary N) is 2. The standard InChI is InChI=1S/C11H25N3O2S/c1-5-10(4)14-11(12-6-2)13-8-9-17(15,16)7-3/h10H,5-9H2,1-4H3,(H2,12,13,14). The Morgan fingerprint density at radius 2 is 1.94 bits per heavy atom. The van der Waals surface area contributed by atoms with E-state index in [1.165, 1.54) is 0 Å². The Balaban J connectivity index is 4.30. The summed E-state index contributed by atoms with van der Waals surface area (Å²) in [7, 11) is -2.93. The quantitative estimate of drug-likeness (QED) is 0.526. The lowest BCUT2D eigenvalue weighted by Crippen LogP contribution is -2.42. The Hall–Kier alpha value is -0.780. The van der Waals surface area contributed by atoms with Gasteiger partial charge in [-0.25, -0.2) is 8.42 Å². The van der Waals surface area contributed by atoms with Crippen molar-refractivity contribution in [3.63, 3.8) is 0 Å². The summed E-state index contributed by atoms with van der Waals surface area (Å²) in [5, 5.41) is 6.31. The predicted molar refractivity (Wildman–Crippen MR) is 73.2 cm³/mol. The highest BCUT2D eigenvalue weighted by molar-refractivity contribution is 7.91. The van der Waals surface area contributed by atoms with Gasteiger partial charge in [-0.3, -0.25) is 4.99 Å². The van der Waals surface area contributed by atoms with Crippen LogP contribution in [0.5, 0.6) is 0 Å². The summed E-state index contributed by atoms with van der Waals surface area (Å²) in [5.41, 5.74) is 0. The van der Waals surface area contributed by atoms with Crippen molar-refractivity contribution in [1.82, 2.24) is 10.6 Å². The third kappa shape index (κ3) is 8.01. The largest absolute Gasteiger partial charge is 0.357 e. The van der Waals surface area contributed by atoms with Gasteiger partial charge < -0.3 is 10.6 Å². The van der Waals surface area contributed by atoms with Gasteiger partial charge in [-0.1, -0.05) is 13.8 Å². The Morgan fingerprint density at radius 3 is 2.41 bits per heavy atom. The molecule has 2 N–H and O–H groups in total. The zero-order valence-corrected chi connectivity index (χ0v) is 12.1. The van der Waals surface area contributed by atoms with Crippen molar-refractivity contribution in [2.45, 2.75) is 40.2 Å². The van der Waals surface area contributed by atoms with E-state index in [9.17, 15) is 8.42 Å². The van der Waals surface area contributed by atoms with Crippen LogP contribution in [0.2, 0.25) is 0 Å². The van der Waals surface area contributed by atoms with Crippen LogP contribution in [0.3, 0.4) is 0 Å². The molecule has 1 atom stereocenters. The summed E-state index contributed by atoms with van der Waals surface area (Å²) in [6, 6.07) is 0.329. The van der Waals surface area contributed by atoms with E-state index in [-0.39, 0.29) is 11.5 Å². The topological polar surface area (TPSA) is 70.6 Å². The maximum atomic E-state index is 11.3. The fourth-order valence-corrected chi connectivity index (χ4v) is 1.75. The molecular weight excluding hydrogens is 238 g/mol. The van der Waals surface area contributed by atoms with E-state index < -0.39 is 9.84 Å². The van der Waals surface area contributed by atoms with Crippen molar-refractivity contribution < 1.29 is 8.42 Å². The van der Waals surface area contributed by atoms with Gasteiger partial charge in [-0.2, -0.15) is 0 Å². The Bertz CT molecular complexity index is 326. The van der Waals surface area contributed by atoms with E-state index in [0.29, 0.717) is 18.5 Å². The number of hydrogen-bond donors (Lipinski definition) is 2. The third-order valence-corrected chi connectivity index (χ3v) is 4.14. The summed E-state index contributed by atoms with van der Waals surface area (Å²) in [5.74, 6) is 0.978. The second-order valence-electron chi connectivity index (χ2n) is 3.95. The molecule has 0 saturated carbocycles. The molecule has 0 radical (unpaired) electrons. The minimum Gasteiger partial charge on any atom is -0.357 e. The van der Waals surface area contributed by atoms with Gasteiger partial charge in [0.1, 0.15) is 0 Å². The third-order valence-electron chi connectivity index (χ3n) is 2.45. The smallest absolute Gasteiger partial charge is 0.191 e.